The van der Waals surface area contributed by atoms with E-state index < -0.39 is 86.8 Å². The summed E-state index contributed by atoms with van der Waals surface area (Å²) < 4.78 is 22.9. The largest absolute Gasteiger partial charge is 0.394 e. The number of ether oxygens (including phenoxy) is 4. The highest BCUT2D eigenvalue weighted by atomic mass is 16.7. The van der Waals surface area contributed by atoms with E-state index >= 15 is 0 Å². The summed E-state index contributed by atoms with van der Waals surface area (Å²) in [5, 5.41) is 87.7. The van der Waals surface area contributed by atoms with Crippen molar-refractivity contribution in [3.8, 4) is 0 Å². The number of carbonyl (C=O) groups is 1. The zero-order valence-corrected chi connectivity index (χ0v) is 65.9. The van der Waals surface area contributed by atoms with Crippen LogP contribution in [0.2, 0.25) is 0 Å². The molecular weight excluding hydrogens is 1280 g/mol. The third kappa shape index (κ3) is 53.5. The molecule has 2 rings (SSSR count). The van der Waals surface area contributed by atoms with Gasteiger partial charge in [0.2, 0.25) is 5.91 Å². The zero-order chi connectivity index (χ0) is 73.7. The van der Waals surface area contributed by atoms with Gasteiger partial charge >= 0.3 is 0 Å². The lowest BCUT2D eigenvalue weighted by Gasteiger charge is -2.46. The molecule has 0 radical (unpaired) electrons. The number of unbranched alkanes of at least 4 members (excludes halogenated alkanes) is 53. The predicted octanol–water partition coefficient (Wildman–Crippen LogP) is 20.7. The van der Waals surface area contributed by atoms with Gasteiger partial charge in [0.25, 0.3) is 0 Å². The van der Waals surface area contributed by atoms with Crippen molar-refractivity contribution in [2.45, 2.75) is 473 Å². The molecular formula is C88H163NO13. The van der Waals surface area contributed by atoms with Gasteiger partial charge in [0.05, 0.1) is 32.0 Å². The number of rotatable bonds is 74. The fourth-order valence-electron chi connectivity index (χ4n) is 14.3. The molecule has 1 amide bonds. The fourth-order valence-corrected chi connectivity index (χ4v) is 14.3. The molecule has 2 fully saturated rings. The summed E-state index contributed by atoms with van der Waals surface area (Å²) in [5.74, 6) is -0.246. The van der Waals surface area contributed by atoms with Crippen LogP contribution in [0, 0.1) is 0 Å². The van der Waals surface area contributed by atoms with Crippen molar-refractivity contribution in [2.75, 3.05) is 19.8 Å². The fraction of sp³-hybridized carbons (Fsp3) is 0.875. The smallest absolute Gasteiger partial charge is 0.220 e. The minimum atomic E-state index is -1.79. The second-order valence-electron chi connectivity index (χ2n) is 30.6. The summed E-state index contributed by atoms with van der Waals surface area (Å²) in [6.07, 6.45) is 82.0. The molecule has 0 aromatic rings. The standard InChI is InChI=1S/C88H163NO13/c1-3-5-7-9-11-13-15-17-19-21-23-25-27-29-31-33-34-35-36-37-38-39-40-41-42-44-46-48-50-52-54-56-58-60-62-64-66-68-70-72-80(93)89-76(75-99-87-85(98)83(96)86(79(74-91)101-87)102-88-84(97)82(95)81(94)78(73-90)100-88)77(92)71-69-67-65-63-61-59-57-55-53-51-49-47-45-43-32-30-28-26-24-22-20-18-16-14-12-10-8-6-4-2/h15,17,21,23,53,55,61,63,69,71,76-79,81-88,90-92,94-98H,3-14,16,18-20,22,24-52,54,56-60,62,64-68,70,72-75H2,1-2H3,(H,89,93)/b17-15-,23-21-,55-53+,63-61+,71-69+. The predicted molar refractivity (Wildman–Crippen MR) is 424 cm³/mol. The van der Waals surface area contributed by atoms with Crippen molar-refractivity contribution in [1.29, 1.82) is 0 Å². The Morgan fingerprint density at radius 2 is 0.657 bits per heavy atom. The van der Waals surface area contributed by atoms with Gasteiger partial charge in [-0.2, -0.15) is 0 Å². The van der Waals surface area contributed by atoms with Crippen molar-refractivity contribution < 1.29 is 64.6 Å². The van der Waals surface area contributed by atoms with E-state index in [1.54, 1.807) is 6.08 Å². The highest BCUT2D eigenvalue weighted by Crippen LogP contribution is 2.30. The third-order valence-electron chi connectivity index (χ3n) is 21.2. The Morgan fingerprint density at radius 1 is 0.353 bits per heavy atom. The van der Waals surface area contributed by atoms with Crippen molar-refractivity contribution in [1.82, 2.24) is 5.32 Å². The first kappa shape index (κ1) is 95.8. The van der Waals surface area contributed by atoms with Gasteiger partial charge in [-0.05, 0) is 77.0 Å². The number of amides is 1. The van der Waals surface area contributed by atoms with Crippen LogP contribution in [0.15, 0.2) is 60.8 Å². The van der Waals surface area contributed by atoms with E-state index in [0.29, 0.717) is 12.8 Å². The highest BCUT2D eigenvalue weighted by Gasteiger charge is 2.51. The molecule has 2 aliphatic heterocycles. The molecule has 12 atom stereocenters. The Kier molecular flexibility index (Phi) is 67.2. The Hall–Kier alpha value is -2.31. The Morgan fingerprint density at radius 3 is 1.02 bits per heavy atom. The molecule has 0 aromatic heterocycles. The van der Waals surface area contributed by atoms with Crippen LogP contribution in [0.1, 0.15) is 399 Å². The van der Waals surface area contributed by atoms with Gasteiger partial charge in [0.1, 0.15) is 48.8 Å². The number of nitrogens with one attached hydrogen (secondary N) is 1. The SMILES string of the molecule is CCCCCCC/C=C\C/C=C\CCCCCCCCCCCCCCCCCCCCCCCCCCCCCC(=O)NC(COC1OC(CO)C(OC2OC(CO)C(O)C(O)C2O)C(O)C1O)C(O)/C=C/CC/C=C/CC/C=C/CCCCCCCCCCCCCCCCCCCCC. The van der Waals surface area contributed by atoms with Gasteiger partial charge in [0.15, 0.2) is 12.6 Å². The molecule has 14 nitrogen and oxygen atoms in total. The number of aliphatic hydroxyl groups excluding tert-OH is 8. The molecule has 0 saturated carbocycles. The Labute approximate surface area is 626 Å². The second kappa shape index (κ2) is 71.6. The van der Waals surface area contributed by atoms with Crippen LogP contribution in [0.5, 0.6) is 0 Å². The number of aliphatic hydroxyl groups is 8. The molecule has 0 aliphatic carbocycles. The topological polar surface area (TPSA) is 228 Å². The van der Waals surface area contributed by atoms with Crippen LogP contribution in [0.25, 0.3) is 0 Å². The van der Waals surface area contributed by atoms with Crippen LogP contribution >= 0.6 is 0 Å². The maximum atomic E-state index is 13.4. The normalized spacial score (nSPS) is 21.9. The van der Waals surface area contributed by atoms with Gasteiger partial charge in [-0.3, -0.25) is 4.79 Å². The van der Waals surface area contributed by atoms with Crippen molar-refractivity contribution in [3.05, 3.63) is 60.8 Å². The molecule has 102 heavy (non-hydrogen) atoms. The van der Waals surface area contributed by atoms with E-state index in [0.717, 1.165) is 51.4 Å². The van der Waals surface area contributed by atoms with Crippen LogP contribution in [0.4, 0.5) is 0 Å². The first-order valence-corrected chi connectivity index (χ1v) is 43.5. The number of hydrogen-bond acceptors (Lipinski definition) is 13. The first-order chi connectivity index (χ1) is 50.1. The van der Waals surface area contributed by atoms with Crippen LogP contribution in [0.3, 0.4) is 0 Å². The van der Waals surface area contributed by atoms with Crippen LogP contribution < -0.4 is 5.32 Å². The summed E-state index contributed by atoms with van der Waals surface area (Å²) in [6, 6.07) is -0.940. The summed E-state index contributed by atoms with van der Waals surface area (Å²) >= 11 is 0. The highest BCUT2D eigenvalue weighted by molar-refractivity contribution is 5.76. The van der Waals surface area contributed by atoms with E-state index in [4.69, 9.17) is 18.9 Å². The zero-order valence-electron chi connectivity index (χ0n) is 65.9. The molecule has 12 unspecified atom stereocenters. The molecule has 598 valence electrons. The Bertz CT molecular complexity index is 1950. The third-order valence-corrected chi connectivity index (χ3v) is 21.2. The van der Waals surface area contributed by atoms with Crippen molar-refractivity contribution in [3.63, 3.8) is 0 Å². The molecule has 2 aliphatic rings. The molecule has 0 spiro atoms. The lowest BCUT2D eigenvalue weighted by molar-refractivity contribution is -0.359. The molecule has 9 N–H and O–H groups in total. The molecule has 14 heteroatoms. The van der Waals surface area contributed by atoms with Gasteiger partial charge < -0.3 is 65.1 Å². The first-order valence-electron chi connectivity index (χ1n) is 43.5. The van der Waals surface area contributed by atoms with Gasteiger partial charge in [-0.15, -0.1) is 0 Å². The van der Waals surface area contributed by atoms with E-state index in [9.17, 15) is 45.6 Å². The Balaban J connectivity index is 1.58. The van der Waals surface area contributed by atoms with E-state index in [-0.39, 0.29) is 18.9 Å². The molecule has 0 bridgehead atoms. The summed E-state index contributed by atoms with van der Waals surface area (Å²) in [4.78, 5) is 13.4. The lowest BCUT2D eigenvalue weighted by atomic mass is 9.97. The number of allylic oxidation sites excluding steroid dienone is 9. The summed E-state index contributed by atoms with van der Waals surface area (Å²) in [5.41, 5.74) is 0. The average Bonchev–Trinajstić information content (AvgIpc) is 0.790. The average molecular weight is 1440 g/mol. The lowest BCUT2D eigenvalue weighted by Crippen LogP contribution is -2.65. The van der Waals surface area contributed by atoms with E-state index in [2.05, 4.69) is 67.8 Å². The minimum absolute atomic E-state index is 0.246. The molecule has 0 aromatic carbocycles. The maximum Gasteiger partial charge on any atom is 0.220 e. The van der Waals surface area contributed by atoms with Crippen molar-refractivity contribution >= 4 is 5.91 Å². The van der Waals surface area contributed by atoms with Crippen LogP contribution in [-0.4, -0.2) is 140 Å². The minimum Gasteiger partial charge on any atom is -0.394 e. The van der Waals surface area contributed by atoms with Gasteiger partial charge in [-0.1, -0.05) is 376 Å². The van der Waals surface area contributed by atoms with Gasteiger partial charge in [-0.25, -0.2) is 0 Å². The maximum absolute atomic E-state index is 13.4. The molecule has 2 heterocycles. The monoisotopic (exact) mass is 1440 g/mol. The summed E-state index contributed by atoms with van der Waals surface area (Å²) in [6.45, 7) is 2.83. The number of hydrogen-bond donors (Lipinski definition) is 9. The van der Waals surface area contributed by atoms with Gasteiger partial charge in [0, 0.05) is 6.42 Å². The second-order valence-corrected chi connectivity index (χ2v) is 30.6. The van der Waals surface area contributed by atoms with E-state index in [1.165, 1.54) is 315 Å². The van der Waals surface area contributed by atoms with E-state index in [1.807, 2.05) is 6.08 Å². The van der Waals surface area contributed by atoms with Crippen LogP contribution in [-0.2, 0) is 23.7 Å². The summed E-state index contributed by atoms with van der Waals surface area (Å²) in [7, 11) is 0. The number of carbonyl (C=O) groups excluding carboxylic acids is 1. The quantitative estimate of drug-likeness (QED) is 0.0204. The van der Waals surface area contributed by atoms with Crippen molar-refractivity contribution in [2.24, 2.45) is 0 Å². The molecule has 2 saturated heterocycles.